The number of amides is 2. The summed E-state index contributed by atoms with van der Waals surface area (Å²) in [5.74, 6) is 0. The van der Waals surface area contributed by atoms with Crippen molar-refractivity contribution in [3.63, 3.8) is 0 Å². The van der Waals surface area contributed by atoms with Crippen molar-refractivity contribution in [2.45, 2.75) is 12.5 Å². The lowest BCUT2D eigenvalue weighted by Crippen LogP contribution is -2.34. The van der Waals surface area contributed by atoms with Crippen LogP contribution in [0.2, 0.25) is 0 Å². The van der Waals surface area contributed by atoms with Gasteiger partial charge in [-0.1, -0.05) is 18.2 Å². The van der Waals surface area contributed by atoms with Crippen molar-refractivity contribution >= 4 is 34.4 Å². The zero-order valence-electron chi connectivity index (χ0n) is 12.9. The maximum Gasteiger partial charge on any atom is 0.312 e. The highest BCUT2D eigenvalue weighted by atomic mass is 32.1. The smallest absolute Gasteiger partial charge is 0.312 e. The van der Waals surface area contributed by atoms with Gasteiger partial charge in [-0.15, -0.1) is 22.7 Å². The van der Waals surface area contributed by atoms with Gasteiger partial charge in [0.2, 0.25) is 0 Å². The number of non-ortho nitro benzene ring substituents is 1. The SMILES string of the molecule is NC(=O)N[C@@H](Cc1ccc([N+](=O)[O-])cc1)c1csc(-c2cccs2)n1. The number of thiazole rings is 1. The van der Waals surface area contributed by atoms with Crippen molar-refractivity contribution in [2.24, 2.45) is 5.73 Å². The number of hydrogen-bond acceptors (Lipinski definition) is 6. The van der Waals surface area contributed by atoms with E-state index in [2.05, 4.69) is 10.3 Å². The predicted octanol–water partition coefficient (Wildman–Crippen LogP) is 3.73. The van der Waals surface area contributed by atoms with Crippen LogP contribution in [-0.2, 0) is 6.42 Å². The zero-order chi connectivity index (χ0) is 17.8. The largest absolute Gasteiger partial charge is 0.352 e. The van der Waals surface area contributed by atoms with Crippen LogP contribution < -0.4 is 11.1 Å². The lowest BCUT2D eigenvalue weighted by molar-refractivity contribution is -0.384. The third kappa shape index (κ3) is 4.20. The minimum Gasteiger partial charge on any atom is -0.352 e. The first-order chi connectivity index (χ1) is 12.0. The third-order valence-electron chi connectivity index (χ3n) is 3.51. The number of carbonyl (C=O) groups is 1. The summed E-state index contributed by atoms with van der Waals surface area (Å²) >= 11 is 3.09. The molecule has 2 heterocycles. The van der Waals surface area contributed by atoms with Gasteiger partial charge in [-0.25, -0.2) is 9.78 Å². The summed E-state index contributed by atoms with van der Waals surface area (Å²) in [4.78, 5) is 27.3. The van der Waals surface area contributed by atoms with E-state index in [0.29, 0.717) is 12.1 Å². The number of carbonyl (C=O) groups excluding carboxylic acids is 1. The number of rotatable bonds is 6. The fourth-order valence-electron chi connectivity index (χ4n) is 2.35. The van der Waals surface area contributed by atoms with Gasteiger partial charge in [0.1, 0.15) is 5.01 Å². The van der Waals surface area contributed by atoms with Crippen LogP contribution in [0.25, 0.3) is 9.88 Å². The molecule has 0 fully saturated rings. The first-order valence-corrected chi connectivity index (χ1v) is 9.07. The summed E-state index contributed by atoms with van der Waals surface area (Å²) in [5.41, 5.74) is 6.87. The molecule has 3 rings (SSSR count). The molecule has 2 amide bonds. The predicted molar refractivity (Wildman–Crippen MR) is 97.7 cm³/mol. The summed E-state index contributed by atoms with van der Waals surface area (Å²) in [7, 11) is 0. The van der Waals surface area contributed by atoms with Crippen molar-refractivity contribution < 1.29 is 9.72 Å². The maximum atomic E-state index is 11.4. The van der Waals surface area contributed by atoms with E-state index in [9.17, 15) is 14.9 Å². The highest BCUT2D eigenvalue weighted by molar-refractivity contribution is 7.20. The molecule has 0 aliphatic carbocycles. The molecule has 128 valence electrons. The molecule has 0 saturated carbocycles. The molecule has 3 aromatic rings. The normalized spacial score (nSPS) is 11.8. The van der Waals surface area contributed by atoms with Crippen molar-refractivity contribution in [1.82, 2.24) is 10.3 Å². The number of aromatic nitrogens is 1. The Kier molecular flexibility index (Phi) is 5.05. The summed E-state index contributed by atoms with van der Waals surface area (Å²) in [6.45, 7) is 0. The molecule has 0 unspecified atom stereocenters. The van der Waals surface area contributed by atoms with Gasteiger partial charge in [0.05, 0.1) is 21.5 Å². The molecule has 0 bridgehead atoms. The van der Waals surface area contributed by atoms with Gasteiger partial charge in [-0.05, 0) is 23.4 Å². The molecule has 0 spiro atoms. The molecule has 25 heavy (non-hydrogen) atoms. The number of benzene rings is 1. The van der Waals surface area contributed by atoms with Crippen LogP contribution >= 0.6 is 22.7 Å². The molecule has 0 saturated heterocycles. The Bertz CT molecular complexity index is 875. The molecule has 1 atom stereocenters. The van der Waals surface area contributed by atoms with Crippen LogP contribution in [0, 0.1) is 10.1 Å². The fraction of sp³-hybridized carbons (Fsp3) is 0.125. The minimum atomic E-state index is -0.641. The standard InChI is InChI=1S/C16H14N4O3S2/c17-16(21)19-12(8-10-3-5-11(6-4-10)20(22)23)13-9-25-15(18-13)14-2-1-7-24-14/h1-7,9,12H,8H2,(H3,17,19,21)/t12-/m0/s1. The van der Waals surface area contributed by atoms with E-state index in [0.717, 1.165) is 15.4 Å². The van der Waals surface area contributed by atoms with E-state index in [-0.39, 0.29) is 5.69 Å². The maximum absolute atomic E-state index is 11.4. The van der Waals surface area contributed by atoms with Crippen LogP contribution in [0.4, 0.5) is 10.5 Å². The first-order valence-electron chi connectivity index (χ1n) is 7.31. The van der Waals surface area contributed by atoms with E-state index in [1.165, 1.54) is 23.5 Å². The van der Waals surface area contributed by atoms with Crippen molar-refractivity contribution in [1.29, 1.82) is 0 Å². The molecular formula is C16H14N4O3S2. The Morgan fingerprint density at radius 2 is 2.04 bits per heavy atom. The molecule has 7 nitrogen and oxygen atoms in total. The quantitative estimate of drug-likeness (QED) is 0.506. The Morgan fingerprint density at radius 3 is 2.64 bits per heavy atom. The first kappa shape index (κ1) is 17.1. The number of urea groups is 1. The van der Waals surface area contributed by atoms with Crippen LogP contribution in [0.5, 0.6) is 0 Å². The molecule has 2 aromatic heterocycles. The number of nitrogens with two attached hydrogens (primary N) is 1. The number of primary amides is 1. The van der Waals surface area contributed by atoms with Crippen LogP contribution in [0.3, 0.4) is 0 Å². The topological polar surface area (TPSA) is 111 Å². The monoisotopic (exact) mass is 374 g/mol. The molecule has 0 radical (unpaired) electrons. The lowest BCUT2D eigenvalue weighted by Gasteiger charge is -2.15. The van der Waals surface area contributed by atoms with Crippen LogP contribution in [0.15, 0.2) is 47.2 Å². The Balaban J connectivity index is 1.82. The van der Waals surface area contributed by atoms with E-state index in [4.69, 9.17) is 5.73 Å². The Hall–Kier alpha value is -2.78. The second-order valence-electron chi connectivity index (χ2n) is 5.24. The Labute approximate surface area is 151 Å². The average molecular weight is 374 g/mol. The van der Waals surface area contributed by atoms with Crippen molar-refractivity contribution in [2.75, 3.05) is 0 Å². The number of nitrogens with zero attached hydrogens (tertiary/aromatic N) is 2. The minimum absolute atomic E-state index is 0.0248. The molecular weight excluding hydrogens is 360 g/mol. The lowest BCUT2D eigenvalue weighted by atomic mass is 10.0. The molecule has 9 heteroatoms. The number of nitrogens with one attached hydrogen (secondary N) is 1. The second kappa shape index (κ2) is 7.41. The van der Waals surface area contributed by atoms with Gasteiger partial charge in [-0.2, -0.15) is 0 Å². The van der Waals surface area contributed by atoms with Crippen molar-refractivity contribution in [3.05, 3.63) is 68.5 Å². The van der Waals surface area contributed by atoms with E-state index in [1.807, 2.05) is 22.9 Å². The van der Waals surface area contributed by atoms with E-state index >= 15 is 0 Å². The van der Waals surface area contributed by atoms with Gasteiger partial charge in [0, 0.05) is 17.5 Å². The van der Waals surface area contributed by atoms with E-state index < -0.39 is 17.0 Å². The highest BCUT2D eigenvalue weighted by Gasteiger charge is 2.18. The average Bonchev–Trinajstić information content (AvgIpc) is 3.25. The second-order valence-corrected chi connectivity index (χ2v) is 7.05. The number of thiophene rings is 1. The van der Waals surface area contributed by atoms with Gasteiger partial charge in [0.25, 0.3) is 5.69 Å². The van der Waals surface area contributed by atoms with Crippen LogP contribution in [0.1, 0.15) is 17.3 Å². The summed E-state index contributed by atoms with van der Waals surface area (Å²) < 4.78 is 0. The fourth-order valence-corrected chi connectivity index (χ4v) is 4.04. The summed E-state index contributed by atoms with van der Waals surface area (Å²) in [6, 6.07) is 9.11. The number of hydrogen-bond donors (Lipinski definition) is 2. The Morgan fingerprint density at radius 1 is 1.28 bits per heavy atom. The van der Waals surface area contributed by atoms with Gasteiger partial charge in [-0.3, -0.25) is 10.1 Å². The molecule has 0 aliphatic rings. The van der Waals surface area contributed by atoms with Gasteiger partial charge >= 0.3 is 6.03 Å². The van der Waals surface area contributed by atoms with E-state index in [1.54, 1.807) is 23.5 Å². The van der Waals surface area contributed by atoms with Crippen LogP contribution in [-0.4, -0.2) is 15.9 Å². The molecule has 0 aliphatic heterocycles. The molecule has 3 N–H and O–H groups in total. The number of nitro benzene ring substituents is 1. The zero-order valence-corrected chi connectivity index (χ0v) is 14.5. The number of nitro groups is 1. The highest BCUT2D eigenvalue weighted by Crippen LogP contribution is 2.30. The molecule has 1 aromatic carbocycles. The summed E-state index contributed by atoms with van der Waals surface area (Å²) in [6.07, 6.45) is 0.439. The summed E-state index contributed by atoms with van der Waals surface area (Å²) in [5, 5.41) is 18.2. The van der Waals surface area contributed by atoms with Crippen molar-refractivity contribution in [3.8, 4) is 9.88 Å². The van der Waals surface area contributed by atoms with Gasteiger partial charge in [0.15, 0.2) is 0 Å². The third-order valence-corrected chi connectivity index (χ3v) is 5.41. The van der Waals surface area contributed by atoms with Gasteiger partial charge < -0.3 is 11.1 Å².